The number of hydrogen-bond acceptors (Lipinski definition) is 5. The standard InChI is InChI=1S/C11H15N3O4/c1-3-12(4-2)8-9-5-6-10(13(15)16)11(7-9)14(17)18/h5-7H,3-4,8H2,1-2H3. The molecule has 0 heterocycles. The second kappa shape index (κ2) is 6.06. The van der Waals surface area contributed by atoms with Crippen molar-refractivity contribution in [2.45, 2.75) is 20.4 Å². The first-order chi connectivity index (χ1) is 8.49. The lowest BCUT2D eigenvalue weighted by Gasteiger charge is -2.17. The fourth-order valence-corrected chi connectivity index (χ4v) is 1.67. The molecule has 0 N–H and O–H groups in total. The van der Waals surface area contributed by atoms with Crippen LogP contribution in [0.5, 0.6) is 0 Å². The Morgan fingerprint density at radius 2 is 1.61 bits per heavy atom. The van der Waals surface area contributed by atoms with E-state index in [0.29, 0.717) is 12.1 Å². The van der Waals surface area contributed by atoms with Crippen LogP contribution in [0, 0.1) is 20.2 Å². The number of hydrogen-bond donors (Lipinski definition) is 0. The van der Waals surface area contributed by atoms with Crippen LogP contribution in [0.15, 0.2) is 18.2 Å². The molecule has 0 aliphatic heterocycles. The van der Waals surface area contributed by atoms with E-state index in [1.165, 1.54) is 12.1 Å². The van der Waals surface area contributed by atoms with Gasteiger partial charge >= 0.3 is 11.4 Å². The van der Waals surface area contributed by atoms with E-state index in [-0.39, 0.29) is 0 Å². The lowest BCUT2D eigenvalue weighted by molar-refractivity contribution is -0.422. The van der Waals surface area contributed by atoms with Gasteiger partial charge in [-0.2, -0.15) is 0 Å². The minimum absolute atomic E-state index is 0.454. The average molecular weight is 253 g/mol. The minimum atomic E-state index is -0.737. The van der Waals surface area contributed by atoms with Crippen molar-refractivity contribution >= 4 is 11.4 Å². The zero-order valence-corrected chi connectivity index (χ0v) is 10.3. The van der Waals surface area contributed by atoms with Crippen molar-refractivity contribution in [2.24, 2.45) is 0 Å². The summed E-state index contributed by atoms with van der Waals surface area (Å²) in [7, 11) is 0. The Labute approximate surface area is 104 Å². The topological polar surface area (TPSA) is 89.5 Å². The molecule has 0 bridgehead atoms. The minimum Gasteiger partial charge on any atom is -0.300 e. The molecule has 0 radical (unpaired) electrons. The van der Waals surface area contributed by atoms with E-state index in [4.69, 9.17) is 0 Å². The number of benzene rings is 1. The summed E-state index contributed by atoms with van der Waals surface area (Å²) in [6.45, 7) is 6.17. The van der Waals surface area contributed by atoms with Gasteiger partial charge in [0.25, 0.3) is 0 Å². The average Bonchev–Trinajstić information content (AvgIpc) is 2.35. The van der Waals surface area contributed by atoms with E-state index in [9.17, 15) is 20.2 Å². The van der Waals surface area contributed by atoms with Gasteiger partial charge in [0.05, 0.1) is 9.85 Å². The fraction of sp³-hybridized carbons (Fsp3) is 0.455. The first-order valence-corrected chi connectivity index (χ1v) is 5.63. The highest BCUT2D eigenvalue weighted by atomic mass is 16.6. The second-order valence-electron chi connectivity index (χ2n) is 3.80. The highest BCUT2D eigenvalue weighted by Gasteiger charge is 2.24. The zero-order chi connectivity index (χ0) is 13.7. The molecule has 0 atom stereocenters. The van der Waals surface area contributed by atoms with Gasteiger partial charge in [-0.3, -0.25) is 25.1 Å². The Kier molecular flexibility index (Phi) is 4.73. The third-order valence-electron chi connectivity index (χ3n) is 2.73. The van der Waals surface area contributed by atoms with Crippen molar-refractivity contribution in [1.29, 1.82) is 0 Å². The summed E-state index contributed by atoms with van der Waals surface area (Å²) >= 11 is 0. The van der Waals surface area contributed by atoms with Gasteiger partial charge in [-0.1, -0.05) is 19.9 Å². The van der Waals surface area contributed by atoms with Crippen LogP contribution < -0.4 is 0 Å². The summed E-state index contributed by atoms with van der Waals surface area (Å²) in [6, 6.07) is 4.02. The smallest absolute Gasteiger partial charge is 0.300 e. The molecule has 0 saturated heterocycles. The van der Waals surface area contributed by atoms with Crippen LogP contribution >= 0.6 is 0 Å². The molecular formula is C11H15N3O4. The van der Waals surface area contributed by atoms with Crippen molar-refractivity contribution in [1.82, 2.24) is 4.90 Å². The summed E-state index contributed by atoms with van der Waals surface area (Å²) in [5.41, 5.74) is -0.219. The van der Waals surface area contributed by atoms with Crippen LogP contribution in [0.25, 0.3) is 0 Å². The quantitative estimate of drug-likeness (QED) is 0.573. The van der Waals surface area contributed by atoms with Crippen LogP contribution in [0.1, 0.15) is 19.4 Å². The first kappa shape index (κ1) is 14.0. The summed E-state index contributed by atoms with van der Waals surface area (Å²) in [4.78, 5) is 22.1. The van der Waals surface area contributed by atoms with Crippen molar-refractivity contribution in [3.05, 3.63) is 44.0 Å². The second-order valence-corrected chi connectivity index (χ2v) is 3.80. The fourth-order valence-electron chi connectivity index (χ4n) is 1.67. The molecule has 1 aromatic rings. The number of nitrogens with zero attached hydrogens (tertiary/aromatic N) is 3. The molecule has 0 unspecified atom stereocenters. The molecule has 7 heteroatoms. The van der Waals surface area contributed by atoms with Gasteiger partial charge < -0.3 is 0 Å². The molecule has 18 heavy (non-hydrogen) atoms. The SMILES string of the molecule is CCN(CC)Cc1ccc([N+](=O)[O-])c([N+](=O)[O-])c1. The lowest BCUT2D eigenvalue weighted by Crippen LogP contribution is -2.22. The van der Waals surface area contributed by atoms with Crippen molar-refractivity contribution in [2.75, 3.05) is 13.1 Å². The van der Waals surface area contributed by atoms with Gasteiger partial charge in [-0.15, -0.1) is 0 Å². The molecule has 1 rings (SSSR count). The molecule has 0 aliphatic rings. The molecule has 0 saturated carbocycles. The van der Waals surface area contributed by atoms with Crippen LogP contribution in [-0.2, 0) is 6.54 Å². The van der Waals surface area contributed by atoms with Gasteiger partial charge in [-0.05, 0) is 18.7 Å². The predicted molar refractivity (Wildman–Crippen MR) is 66.4 cm³/mol. The highest BCUT2D eigenvalue weighted by molar-refractivity contribution is 5.54. The summed E-state index contributed by atoms with van der Waals surface area (Å²) in [5.74, 6) is 0. The maximum Gasteiger partial charge on any atom is 0.346 e. The van der Waals surface area contributed by atoms with Gasteiger partial charge in [0.2, 0.25) is 0 Å². The highest BCUT2D eigenvalue weighted by Crippen LogP contribution is 2.27. The molecular weight excluding hydrogens is 238 g/mol. The van der Waals surface area contributed by atoms with Crippen molar-refractivity contribution < 1.29 is 9.85 Å². The molecule has 0 aliphatic carbocycles. The summed E-state index contributed by atoms with van der Waals surface area (Å²) in [6.07, 6.45) is 0. The molecule has 1 aromatic carbocycles. The summed E-state index contributed by atoms with van der Waals surface area (Å²) in [5, 5.41) is 21.5. The Morgan fingerprint density at radius 1 is 1.06 bits per heavy atom. The first-order valence-electron chi connectivity index (χ1n) is 5.63. The molecule has 0 aromatic heterocycles. The van der Waals surface area contributed by atoms with E-state index in [1.54, 1.807) is 6.07 Å². The summed E-state index contributed by atoms with van der Waals surface area (Å²) < 4.78 is 0. The Bertz CT molecular complexity index is 458. The molecule has 7 nitrogen and oxygen atoms in total. The molecule has 0 amide bonds. The molecule has 0 spiro atoms. The van der Waals surface area contributed by atoms with E-state index in [1.807, 2.05) is 13.8 Å². The van der Waals surface area contributed by atoms with Crippen LogP contribution in [0.3, 0.4) is 0 Å². The largest absolute Gasteiger partial charge is 0.346 e. The van der Waals surface area contributed by atoms with Gasteiger partial charge in [-0.25, -0.2) is 0 Å². The Balaban J connectivity index is 3.07. The van der Waals surface area contributed by atoms with E-state index < -0.39 is 21.2 Å². The number of nitro benzene ring substituents is 2. The molecule has 98 valence electrons. The maximum absolute atomic E-state index is 10.8. The van der Waals surface area contributed by atoms with Crippen molar-refractivity contribution in [3.8, 4) is 0 Å². The Hall–Kier alpha value is -2.02. The third-order valence-corrected chi connectivity index (χ3v) is 2.73. The van der Waals surface area contributed by atoms with Crippen LogP contribution in [0.2, 0.25) is 0 Å². The van der Waals surface area contributed by atoms with Crippen molar-refractivity contribution in [3.63, 3.8) is 0 Å². The van der Waals surface area contributed by atoms with E-state index >= 15 is 0 Å². The number of nitro groups is 2. The normalized spacial score (nSPS) is 10.6. The van der Waals surface area contributed by atoms with E-state index in [0.717, 1.165) is 13.1 Å². The third kappa shape index (κ3) is 3.24. The maximum atomic E-state index is 10.8. The monoisotopic (exact) mass is 253 g/mol. The van der Waals surface area contributed by atoms with E-state index in [2.05, 4.69) is 4.90 Å². The van der Waals surface area contributed by atoms with Gasteiger partial charge in [0, 0.05) is 18.7 Å². The van der Waals surface area contributed by atoms with Crippen LogP contribution in [-0.4, -0.2) is 27.8 Å². The number of rotatable bonds is 6. The predicted octanol–water partition coefficient (Wildman–Crippen LogP) is 2.34. The lowest BCUT2D eigenvalue weighted by atomic mass is 10.1. The van der Waals surface area contributed by atoms with Crippen LogP contribution in [0.4, 0.5) is 11.4 Å². The van der Waals surface area contributed by atoms with Gasteiger partial charge in [0.15, 0.2) is 0 Å². The van der Waals surface area contributed by atoms with Gasteiger partial charge in [0.1, 0.15) is 0 Å². The zero-order valence-electron chi connectivity index (χ0n) is 10.3. The Morgan fingerprint density at radius 3 is 2.06 bits per heavy atom. The molecule has 0 fully saturated rings.